The third-order valence-electron chi connectivity index (χ3n) is 1.51. The van der Waals surface area contributed by atoms with Crippen molar-refractivity contribution >= 4 is 24.8 Å². The zero-order valence-electron chi connectivity index (χ0n) is 6.97. The number of hydrogen-bond donors (Lipinski definition) is 1. The molecule has 0 bridgehead atoms. The molecule has 0 fully saturated rings. The zero-order valence-corrected chi connectivity index (χ0v) is 8.60. The van der Waals surface area contributed by atoms with Crippen LogP contribution in [0.2, 0.25) is 0 Å². The Morgan fingerprint density at radius 3 is 2.62 bits per heavy atom. The Kier molecular flexibility index (Phi) is 4.51. The second-order valence-electron chi connectivity index (χ2n) is 2.36. The van der Waals surface area contributed by atoms with Gasteiger partial charge in [0.05, 0.1) is 11.9 Å². The molecule has 6 heteroatoms. The van der Waals surface area contributed by atoms with Gasteiger partial charge in [-0.2, -0.15) is 10.2 Å². The van der Waals surface area contributed by atoms with Gasteiger partial charge in [0.25, 0.3) is 0 Å². The van der Waals surface area contributed by atoms with Crippen LogP contribution < -0.4 is 0 Å². The summed E-state index contributed by atoms with van der Waals surface area (Å²) in [6, 6.07) is 1.95. The molecule has 0 aliphatic carbocycles. The summed E-state index contributed by atoms with van der Waals surface area (Å²) in [5.41, 5.74) is 1.96. The van der Waals surface area contributed by atoms with Gasteiger partial charge in [0.1, 0.15) is 0 Å². The van der Waals surface area contributed by atoms with E-state index in [1.54, 1.807) is 10.9 Å². The maximum Gasteiger partial charge on any atom is 0.0954 e. The van der Waals surface area contributed by atoms with Crippen LogP contribution in [0.1, 0.15) is 0 Å². The van der Waals surface area contributed by atoms with Crippen molar-refractivity contribution in [3.63, 3.8) is 0 Å². The van der Waals surface area contributed by atoms with E-state index in [0.717, 1.165) is 11.3 Å². The monoisotopic (exact) mass is 220 g/mol. The number of halogens is 2. The van der Waals surface area contributed by atoms with Crippen molar-refractivity contribution in [3.8, 4) is 11.3 Å². The molecule has 4 nitrogen and oxygen atoms in total. The first kappa shape index (κ1) is 12.0. The fourth-order valence-electron chi connectivity index (χ4n) is 0.960. The molecule has 13 heavy (non-hydrogen) atoms. The summed E-state index contributed by atoms with van der Waals surface area (Å²) in [5.74, 6) is 0. The van der Waals surface area contributed by atoms with Crippen LogP contribution in [0.25, 0.3) is 11.3 Å². The van der Waals surface area contributed by atoms with Crippen molar-refractivity contribution in [3.05, 3.63) is 24.7 Å². The van der Waals surface area contributed by atoms with Crippen LogP contribution >= 0.6 is 24.8 Å². The highest BCUT2D eigenvalue weighted by atomic mass is 35.5. The Balaban J connectivity index is 0.000000720. The maximum atomic E-state index is 4.21. The predicted octanol–water partition coefficient (Wildman–Crippen LogP) is 1.65. The molecule has 2 aromatic rings. The quantitative estimate of drug-likeness (QED) is 0.795. The van der Waals surface area contributed by atoms with Crippen LogP contribution in [0.15, 0.2) is 24.7 Å². The van der Waals surface area contributed by atoms with Gasteiger partial charge in [0.15, 0.2) is 0 Å². The summed E-state index contributed by atoms with van der Waals surface area (Å²) in [7, 11) is 1.89. The van der Waals surface area contributed by atoms with E-state index in [1.807, 2.05) is 25.5 Å². The normalized spacial score (nSPS) is 8.69. The minimum Gasteiger partial charge on any atom is -0.285 e. The molecule has 72 valence electrons. The van der Waals surface area contributed by atoms with Gasteiger partial charge in [-0.05, 0) is 6.07 Å². The third-order valence-corrected chi connectivity index (χ3v) is 1.51. The van der Waals surface area contributed by atoms with Crippen molar-refractivity contribution in [2.24, 2.45) is 7.05 Å². The number of nitrogens with one attached hydrogen (secondary N) is 1. The molecule has 2 heterocycles. The lowest BCUT2D eigenvalue weighted by molar-refractivity contribution is 0.771. The summed E-state index contributed by atoms with van der Waals surface area (Å²) in [6.07, 6.45) is 5.48. The van der Waals surface area contributed by atoms with Crippen LogP contribution in [-0.2, 0) is 7.05 Å². The number of aryl methyl sites for hydroxylation is 1. The Morgan fingerprint density at radius 1 is 1.38 bits per heavy atom. The highest BCUT2D eigenvalue weighted by Crippen LogP contribution is 2.12. The number of hydrogen-bond acceptors (Lipinski definition) is 2. The van der Waals surface area contributed by atoms with Crippen molar-refractivity contribution < 1.29 is 0 Å². The summed E-state index contributed by atoms with van der Waals surface area (Å²) < 4.78 is 1.77. The molecular weight excluding hydrogens is 211 g/mol. The van der Waals surface area contributed by atoms with E-state index in [0.29, 0.717) is 0 Å². The molecule has 0 amide bonds. The Labute approximate surface area is 88.2 Å². The fraction of sp³-hybridized carbons (Fsp3) is 0.143. The standard InChI is InChI=1S/C7H8N4.2ClH/c1-11-3-2-7(10-11)6-4-8-9-5-6;;/h2-5H,1H3,(H,8,9);2*1H. The maximum absolute atomic E-state index is 4.21. The molecular formula is C7H10Cl2N4. The SMILES string of the molecule is Cl.Cl.Cn1ccc(-c2cn[nH]c2)n1. The van der Waals surface area contributed by atoms with Crippen molar-refractivity contribution in [1.29, 1.82) is 0 Å². The Bertz CT molecular complexity index is 341. The van der Waals surface area contributed by atoms with Gasteiger partial charge in [-0.3, -0.25) is 9.78 Å². The smallest absolute Gasteiger partial charge is 0.0954 e. The Hall–Kier alpha value is -1.00. The average Bonchev–Trinajstić information content (AvgIpc) is 2.55. The van der Waals surface area contributed by atoms with Crippen molar-refractivity contribution in [1.82, 2.24) is 20.0 Å². The molecule has 1 N–H and O–H groups in total. The van der Waals surface area contributed by atoms with E-state index in [9.17, 15) is 0 Å². The summed E-state index contributed by atoms with van der Waals surface area (Å²) >= 11 is 0. The second kappa shape index (κ2) is 4.89. The van der Waals surface area contributed by atoms with Crippen LogP contribution in [0.3, 0.4) is 0 Å². The van der Waals surface area contributed by atoms with Crippen molar-refractivity contribution in [2.45, 2.75) is 0 Å². The summed E-state index contributed by atoms with van der Waals surface area (Å²) in [6.45, 7) is 0. The molecule has 0 saturated carbocycles. The third kappa shape index (κ3) is 2.47. The molecule has 0 unspecified atom stereocenters. The highest BCUT2D eigenvalue weighted by Gasteiger charge is 1.99. The summed E-state index contributed by atoms with van der Waals surface area (Å²) in [4.78, 5) is 0. The van der Waals surface area contributed by atoms with E-state index < -0.39 is 0 Å². The van der Waals surface area contributed by atoms with Gasteiger partial charge in [0.2, 0.25) is 0 Å². The minimum absolute atomic E-state index is 0. The number of aromatic nitrogens is 4. The summed E-state index contributed by atoms with van der Waals surface area (Å²) in [5, 5.41) is 10.8. The van der Waals surface area contributed by atoms with E-state index in [1.165, 1.54) is 0 Å². The van der Waals surface area contributed by atoms with Gasteiger partial charge >= 0.3 is 0 Å². The highest BCUT2D eigenvalue weighted by molar-refractivity contribution is 5.85. The van der Waals surface area contributed by atoms with Gasteiger partial charge in [-0.25, -0.2) is 0 Å². The fourth-order valence-corrected chi connectivity index (χ4v) is 0.960. The molecule has 0 radical (unpaired) electrons. The molecule has 0 atom stereocenters. The van der Waals surface area contributed by atoms with Crippen LogP contribution in [0.4, 0.5) is 0 Å². The first-order valence-electron chi connectivity index (χ1n) is 3.35. The van der Waals surface area contributed by atoms with E-state index in [-0.39, 0.29) is 24.8 Å². The molecule has 0 aliphatic rings. The minimum atomic E-state index is 0. The lowest BCUT2D eigenvalue weighted by Crippen LogP contribution is -1.86. The van der Waals surface area contributed by atoms with Crippen LogP contribution in [0, 0.1) is 0 Å². The number of aromatic amines is 1. The second-order valence-corrected chi connectivity index (χ2v) is 2.36. The first-order chi connectivity index (χ1) is 5.36. The van der Waals surface area contributed by atoms with Crippen LogP contribution in [0.5, 0.6) is 0 Å². The van der Waals surface area contributed by atoms with Gasteiger partial charge < -0.3 is 0 Å². The van der Waals surface area contributed by atoms with Gasteiger partial charge in [0, 0.05) is 25.0 Å². The van der Waals surface area contributed by atoms with E-state index in [4.69, 9.17) is 0 Å². The van der Waals surface area contributed by atoms with E-state index in [2.05, 4.69) is 15.3 Å². The molecule has 2 rings (SSSR count). The topological polar surface area (TPSA) is 46.5 Å². The van der Waals surface area contributed by atoms with Gasteiger partial charge in [-0.15, -0.1) is 24.8 Å². The number of H-pyrrole nitrogens is 1. The van der Waals surface area contributed by atoms with Gasteiger partial charge in [-0.1, -0.05) is 0 Å². The molecule has 0 spiro atoms. The lowest BCUT2D eigenvalue weighted by atomic mass is 10.3. The van der Waals surface area contributed by atoms with E-state index >= 15 is 0 Å². The average molecular weight is 221 g/mol. The van der Waals surface area contributed by atoms with Crippen LogP contribution in [-0.4, -0.2) is 20.0 Å². The van der Waals surface area contributed by atoms with Crippen molar-refractivity contribution in [2.75, 3.05) is 0 Å². The molecule has 0 aliphatic heterocycles. The Morgan fingerprint density at radius 2 is 2.15 bits per heavy atom. The number of nitrogens with zero attached hydrogens (tertiary/aromatic N) is 3. The first-order valence-corrected chi connectivity index (χ1v) is 3.35. The largest absolute Gasteiger partial charge is 0.285 e. The molecule has 0 aromatic carbocycles. The number of rotatable bonds is 1. The molecule has 0 saturated heterocycles. The predicted molar refractivity (Wildman–Crippen MR) is 55.3 cm³/mol. The lowest BCUT2D eigenvalue weighted by Gasteiger charge is -1.86. The molecule has 2 aromatic heterocycles. The zero-order chi connectivity index (χ0) is 7.68.